The zero-order chi connectivity index (χ0) is 15.2. The van der Waals surface area contributed by atoms with Crippen molar-refractivity contribution in [1.29, 1.82) is 0 Å². The van der Waals surface area contributed by atoms with Crippen molar-refractivity contribution in [3.05, 3.63) is 36.1 Å². The molecule has 3 heteroatoms. The molecular formula is C19H25NO2. The molecule has 0 saturated carbocycles. The lowest BCUT2D eigenvalue weighted by molar-refractivity contribution is 0.0954. The summed E-state index contributed by atoms with van der Waals surface area (Å²) in [5.41, 5.74) is 0.802. The van der Waals surface area contributed by atoms with Crippen LogP contribution in [0.5, 0.6) is 0 Å². The van der Waals surface area contributed by atoms with Crippen molar-refractivity contribution in [2.75, 3.05) is 19.6 Å². The van der Waals surface area contributed by atoms with Gasteiger partial charge in [-0.15, -0.1) is 0 Å². The maximum Gasteiger partial charge on any atom is 0.198 e. The van der Waals surface area contributed by atoms with E-state index in [-0.39, 0.29) is 5.78 Å². The van der Waals surface area contributed by atoms with Crippen LogP contribution in [0, 0.1) is 0 Å². The van der Waals surface area contributed by atoms with E-state index in [9.17, 15) is 4.79 Å². The molecule has 1 saturated heterocycles. The van der Waals surface area contributed by atoms with E-state index in [1.54, 1.807) is 0 Å². The van der Waals surface area contributed by atoms with Crippen molar-refractivity contribution in [2.24, 2.45) is 0 Å². The molecule has 1 aliphatic rings. The molecule has 0 spiro atoms. The first-order valence-electron chi connectivity index (χ1n) is 8.57. The normalized spacial score (nSPS) is 16.2. The predicted molar refractivity (Wildman–Crippen MR) is 89.3 cm³/mol. The lowest BCUT2D eigenvalue weighted by atomic mass is 10.1. The fourth-order valence-electron chi connectivity index (χ4n) is 3.22. The van der Waals surface area contributed by atoms with Gasteiger partial charge in [-0.05, 0) is 57.5 Å². The van der Waals surface area contributed by atoms with Crippen LogP contribution in [-0.2, 0) is 0 Å². The molecular weight excluding hydrogens is 274 g/mol. The second-order valence-electron chi connectivity index (χ2n) is 6.28. The van der Waals surface area contributed by atoms with Crippen LogP contribution >= 0.6 is 0 Å². The number of carbonyl (C=O) groups is 1. The van der Waals surface area contributed by atoms with Crippen LogP contribution in [0.4, 0.5) is 0 Å². The second-order valence-corrected chi connectivity index (χ2v) is 6.28. The van der Waals surface area contributed by atoms with E-state index < -0.39 is 0 Å². The fourth-order valence-corrected chi connectivity index (χ4v) is 3.22. The van der Waals surface area contributed by atoms with Gasteiger partial charge in [0.2, 0.25) is 0 Å². The highest BCUT2D eigenvalue weighted by Crippen LogP contribution is 2.20. The van der Waals surface area contributed by atoms with Gasteiger partial charge in [-0.3, -0.25) is 4.79 Å². The third-order valence-electron chi connectivity index (χ3n) is 4.53. The number of benzene rings is 1. The standard InChI is InChI=1S/C19H25NO2/c21-17(19-15-16-9-4-5-11-18(16)22-19)10-3-1-6-12-20-13-7-2-8-14-20/h4-5,9,11,15H,1-3,6-8,10,12-14H2. The predicted octanol–water partition coefficient (Wildman–Crippen LogP) is 4.66. The second kappa shape index (κ2) is 7.59. The number of rotatable bonds is 7. The molecule has 22 heavy (non-hydrogen) atoms. The summed E-state index contributed by atoms with van der Waals surface area (Å²) in [6, 6.07) is 9.65. The Kier molecular flexibility index (Phi) is 5.28. The van der Waals surface area contributed by atoms with Crippen LogP contribution in [0.1, 0.15) is 55.5 Å². The van der Waals surface area contributed by atoms with Gasteiger partial charge in [-0.25, -0.2) is 0 Å². The first-order valence-corrected chi connectivity index (χ1v) is 8.57. The van der Waals surface area contributed by atoms with E-state index >= 15 is 0 Å². The molecule has 0 unspecified atom stereocenters. The molecule has 1 aromatic heterocycles. The van der Waals surface area contributed by atoms with Gasteiger partial charge in [0.1, 0.15) is 5.58 Å². The Labute approximate surface area is 132 Å². The van der Waals surface area contributed by atoms with Crippen molar-refractivity contribution in [3.63, 3.8) is 0 Å². The molecule has 0 aliphatic carbocycles. The van der Waals surface area contributed by atoms with Gasteiger partial charge in [0.15, 0.2) is 11.5 Å². The zero-order valence-electron chi connectivity index (χ0n) is 13.2. The lowest BCUT2D eigenvalue weighted by Gasteiger charge is -2.26. The van der Waals surface area contributed by atoms with E-state index in [2.05, 4.69) is 4.90 Å². The minimum Gasteiger partial charge on any atom is -0.453 e. The third-order valence-corrected chi connectivity index (χ3v) is 4.53. The summed E-state index contributed by atoms with van der Waals surface area (Å²) in [5, 5.41) is 1.01. The third kappa shape index (κ3) is 3.98. The Morgan fingerprint density at radius 3 is 2.68 bits per heavy atom. The summed E-state index contributed by atoms with van der Waals surface area (Å²) in [5.74, 6) is 0.645. The highest BCUT2D eigenvalue weighted by atomic mass is 16.3. The maximum atomic E-state index is 12.2. The fraction of sp³-hybridized carbons (Fsp3) is 0.526. The van der Waals surface area contributed by atoms with Crippen LogP contribution < -0.4 is 0 Å². The number of piperidine rings is 1. The van der Waals surface area contributed by atoms with Gasteiger partial charge < -0.3 is 9.32 Å². The number of likely N-dealkylation sites (tertiary alicyclic amines) is 1. The number of carbonyl (C=O) groups excluding carboxylic acids is 1. The summed E-state index contributed by atoms with van der Waals surface area (Å²) in [7, 11) is 0. The summed E-state index contributed by atoms with van der Waals surface area (Å²) in [6.07, 6.45) is 7.98. The van der Waals surface area contributed by atoms with Crippen LogP contribution in [-0.4, -0.2) is 30.3 Å². The lowest BCUT2D eigenvalue weighted by Crippen LogP contribution is -2.30. The summed E-state index contributed by atoms with van der Waals surface area (Å²) in [4.78, 5) is 14.7. The number of fused-ring (bicyclic) bond motifs is 1. The molecule has 2 aromatic rings. The van der Waals surface area contributed by atoms with Crippen LogP contribution in [0.15, 0.2) is 34.7 Å². The average molecular weight is 299 g/mol. The molecule has 0 atom stereocenters. The Balaban J connectivity index is 1.38. The molecule has 1 aliphatic heterocycles. The van der Waals surface area contributed by atoms with E-state index in [4.69, 9.17) is 4.42 Å². The summed E-state index contributed by atoms with van der Waals surface area (Å²) in [6.45, 7) is 3.72. The minimum atomic E-state index is 0.133. The van der Waals surface area contributed by atoms with Crippen molar-refractivity contribution in [1.82, 2.24) is 4.90 Å². The van der Waals surface area contributed by atoms with Gasteiger partial charge >= 0.3 is 0 Å². The molecule has 0 radical (unpaired) electrons. The van der Waals surface area contributed by atoms with Crippen LogP contribution in [0.2, 0.25) is 0 Å². The summed E-state index contributed by atoms with van der Waals surface area (Å²) < 4.78 is 5.62. The monoisotopic (exact) mass is 299 g/mol. The molecule has 3 rings (SSSR count). The van der Waals surface area contributed by atoms with Crippen molar-refractivity contribution in [3.8, 4) is 0 Å². The van der Waals surface area contributed by atoms with Crippen molar-refractivity contribution in [2.45, 2.75) is 44.9 Å². The smallest absolute Gasteiger partial charge is 0.198 e. The van der Waals surface area contributed by atoms with E-state index in [0.717, 1.165) is 23.8 Å². The van der Waals surface area contributed by atoms with E-state index in [1.165, 1.54) is 45.3 Å². The van der Waals surface area contributed by atoms with Crippen LogP contribution in [0.3, 0.4) is 0 Å². The molecule has 0 N–H and O–H groups in total. The minimum absolute atomic E-state index is 0.133. The van der Waals surface area contributed by atoms with Gasteiger partial charge in [0.25, 0.3) is 0 Å². The highest BCUT2D eigenvalue weighted by Gasteiger charge is 2.12. The Hall–Kier alpha value is -1.61. The van der Waals surface area contributed by atoms with E-state index in [0.29, 0.717) is 12.2 Å². The number of ketones is 1. The SMILES string of the molecule is O=C(CCCCCN1CCCCC1)c1cc2ccccc2o1. The van der Waals surface area contributed by atoms with E-state index in [1.807, 2.05) is 30.3 Å². The van der Waals surface area contributed by atoms with Crippen LogP contribution in [0.25, 0.3) is 11.0 Å². The Morgan fingerprint density at radius 2 is 1.86 bits per heavy atom. The first-order chi connectivity index (χ1) is 10.8. The molecule has 1 aromatic carbocycles. The van der Waals surface area contributed by atoms with Crippen molar-refractivity contribution >= 4 is 16.8 Å². The van der Waals surface area contributed by atoms with Gasteiger partial charge in [-0.1, -0.05) is 31.0 Å². The number of hydrogen-bond donors (Lipinski definition) is 0. The number of hydrogen-bond acceptors (Lipinski definition) is 3. The number of para-hydroxylation sites is 1. The molecule has 3 nitrogen and oxygen atoms in total. The Bertz CT molecular complexity index is 578. The highest BCUT2D eigenvalue weighted by molar-refractivity contribution is 5.97. The number of unbranched alkanes of at least 4 members (excludes halogenated alkanes) is 2. The maximum absolute atomic E-state index is 12.2. The zero-order valence-corrected chi connectivity index (χ0v) is 13.2. The van der Waals surface area contributed by atoms with Gasteiger partial charge in [0.05, 0.1) is 0 Å². The molecule has 0 amide bonds. The van der Waals surface area contributed by atoms with Crippen molar-refractivity contribution < 1.29 is 9.21 Å². The summed E-state index contributed by atoms with van der Waals surface area (Å²) >= 11 is 0. The first kappa shape index (κ1) is 15.3. The molecule has 1 fully saturated rings. The largest absolute Gasteiger partial charge is 0.453 e. The Morgan fingerprint density at radius 1 is 1.05 bits per heavy atom. The number of nitrogens with zero attached hydrogens (tertiary/aromatic N) is 1. The molecule has 2 heterocycles. The topological polar surface area (TPSA) is 33.5 Å². The number of Topliss-reactive ketones (excluding diaryl/α,β-unsaturated/α-hetero) is 1. The average Bonchev–Trinajstić information content (AvgIpc) is 2.99. The van der Waals surface area contributed by atoms with Gasteiger partial charge in [0, 0.05) is 11.8 Å². The number of furan rings is 1. The molecule has 118 valence electrons. The van der Waals surface area contributed by atoms with Gasteiger partial charge in [-0.2, -0.15) is 0 Å². The molecule has 0 bridgehead atoms. The quantitative estimate of drug-likeness (QED) is 0.550.